The number of amides is 2. The predicted molar refractivity (Wildman–Crippen MR) is 105 cm³/mol. The number of hydrogen-bond donors (Lipinski definition) is 2. The molecule has 3 aliphatic heterocycles. The van der Waals surface area contributed by atoms with E-state index < -0.39 is 41.1 Å². The fraction of sp³-hybridized carbons (Fsp3) is 0.857. The van der Waals surface area contributed by atoms with E-state index in [2.05, 4.69) is 5.32 Å². The number of likely N-dealkylation sites (tertiary alicyclic amines) is 1. The van der Waals surface area contributed by atoms with Gasteiger partial charge in [0.15, 0.2) is 0 Å². The Morgan fingerprint density at radius 2 is 2.07 bits per heavy atom. The standard InChI is InChI=1S/C21H34N2O6/c1-5-8-11-22-17(25)16-21-10-9-20(4,29-21)15(19(27)28-7-3)14(21)18(26)23(16)13(6-2)12-24/h13-16,24H,5-12H2,1-4H3,(H,22,25)/t13-,14-,15-,16?,20+,21?/m0/s1. The molecule has 0 aromatic rings. The molecule has 2 bridgehead atoms. The quantitative estimate of drug-likeness (QED) is 0.434. The first-order valence-electron chi connectivity index (χ1n) is 10.9. The largest absolute Gasteiger partial charge is 0.466 e. The van der Waals surface area contributed by atoms with Crippen LogP contribution in [0.2, 0.25) is 0 Å². The van der Waals surface area contributed by atoms with E-state index in [1.54, 1.807) is 6.92 Å². The lowest BCUT2D eigenvalue weighted by Gasteiger charge is -2.36. The van der Waals surface area contributed by atoms with Crippen molar-refractivity contribution in [2.24, 2.45) is 11.8 Å². The molecule has 2 N–H and O–H groups in total. The topological polar surface area (TPSA) is 105 Å². The molecule has 3 fully saturated rings. The van der Waals surface area contributed by atoms with E-state index in [9.17, 15) is 19.5 Å². The Morgan fingerprint density at radius 3 is 2.66 bits per heavy atom. The number of nitrogens with zero attached hydrogens (tertiary/aromatic N) is 1. The first-order valence-corrected chi connectivity index (χ1v) is 10.9. The Bertz CT molecular complexity index is 666. The third-order valence-electron chi connectivity index (χ3n) is 6.91. The van der Waals surface area contributed by atoms with Crippen molar-refractivity contribution in [3.05, 3.63) is 0 Å². The summed E-state index contributed by atoms with van der Waals surface area (Å²) in [6.45, 7) is 7.97. The molecule has 164 valence electrons. The van der Waals surface area contributed by atoms with Gasteiger partial charge in [-0.15, -0.1) is 0 Å². The third kappa shape index (κ3) is 3.24. The number of esters is 1. The van der Waals surface area contributed by atoms with Gasteiger partial charge in [-0.3, -0.25) is 14.4 Å². The lowest BCUT2D eigenvalue weighted by molar-refractivity contribution is -0.160. The fourth-order valence-corrected chi connectivity index (χ4v) is 5.55. The summed E-state index contributed by atoms with van der Waals surface area (Å²) in [7, 11) is 0. The third-order valence-corrected chi connectivity index (χ3v) is 6.91. The Labute approximate surface area is 172 Å². The highest BCUT2D eigenvalue weighted by Gasteiger charge is 2.78. The molecule has 29 heavy (non-hydrogen) atoms. The maximum atomic E-state index is 13.6. The van der Waals surface area contributed by atoms with E-state index in [1.807, 2.05) is 20.8 Å². The number of aliphatic hydroxyl groups excluding tert-OH is 1. The van der Waals surface area contributed by atoms with E-state index in [-0.39, 0.29) is 25.0 Å². The van der Waals surface area contributed by atoms with Gasteiger partial charge < -0.3 is 24.8 Å². The summed E-state index contributed by atoms with van der Waals surface area (Å²) in [5.41, 5.74) is -1.87. The normalized spacial score (nSPS) is 36.2. The number of ether oxygens (including phenoxy) is 2. The van der Waals surface area contributed by atoms with Gasteiger partial charge in [-0.05, 0) is 39.5 Å². The van der Waals surface area contributed by atoms with E-state index in [4.69, 9.17) is 9.47 Å². The zero-order valence-corrected chi connectivity index (χ0v) is 17.9. The second-order valence-corrected chi connectivity index (χ2v) is 8.61. The highest BCUT2D eigenvalue weighted by Crippen LogP contribution is 2.63. The van der Waals surface area contributed by atoms with Crippen LogP contribution in [-0.4, -0.2) is 70.8 Å². The predicted octanol–water partition coefficient (Wildman–Crippen LogP) is 1.00. The minimum Gasteiger partial charge on any atom is -0.466 e. The monoisotopic (exact) mass is 410 g/mol. The van der Waals surface area contributed by atoms with Crippen LogP contribution in [0.4, 0.5) is 0 Å². The van der Waals surface area contributed by atoms with Crippen LogP contribution in [0.25, 0.3) is 0 Å². The lowest BCUT2D eigenvalue weighted by Crippen LogP contribution is -2.58. The molecule has 2 amide bonds. The molecule has 0 saturated carbocycles. The van der Waals surface area contributed by atoms with Crippen molar-refractivity contribution in [1.82, 2.24) is 10.2 Å². The number of carbonyl (C=O) groups excluding carboxylic acids is 3. The van der Waals surface area contributed by atoms with Crippen LogP contribution in [0.1, 0.15) is 59.8 Å². The van der Waals surface area contributed by atoms with Crippen LogP contribution >= 0.6 is 0 Å². The molecule has 1 spiro atoms. The van der Waals surface area contributed by atoms with Gasteiger partial charge in [0.1, 0.15) is 17.6 Å². The molecule has 0 radical (unpaired) electrons. The number of aliphatic hydroxyl groups is 1. The average molecular weight is 411 g/mol. The van der Waals surface area contributed by atoms with E-state index in [0.29, 0.717) is 25.8 Å². The van der Waals surface area contributed by atoms with Crippen molar-refractivity contribution in [3.63, 3.8) is 0 Å². The molecule has 0 aromatic heterocycles. The summed E-state index contributed by atoms with van der Waals surface area (Å²) >= 11 is 0. The molecule has 3 saturated heterocycles. The van der Waals surface area contributed by atoms with E-state index in [1.165, 1.54) is 4.90 Å². The maximum Gasteiger partial charge on any atom is 0.312 e. The molecule has 6 atom stereocenters. The number of rotatable bonds is 9. The van der Waals surface area contributed by atoms with Crippen LogP contribution < -0.4 is 5.32 Å². The Hall–Kier alpha value is -1.67. The van der Waals surface area contributed by atoms with Gasteiger partial charge in [-0.25, -0.2) is 0 Å². The molecule has 8 nitrogen and oxygen atoms in total. The summed E-state index contributed by atoms with van der Waals surface area (Å²) in [5, 5.41) is 12.8. The van der Waals surface area contributed by atoms with Crippen molar-refractivity contribution in [1.29, 1.82) is 0 Å². The molecule has 2 unspecified atom stereocenters. The highest BCUT2D eigenvalue weighted by molar-refractivity contribution is 5.98. The SMILES string of the molecule is CCCCNC(=O)C1N([C@@H](CC)CO)C(=O)[C@@H]2[C@@H](C(=O)OCC)[C@@]3(C)CCC12O3. The Morgan fingerprint density at radius 1 is 1.34 bits per heavy atom. The number of carbonyl (C=O) groups is 3. The molecular weight excluding hydrogens is 376 g/mol. The molecular formula is C21H34N2O6. The van der Waals surface area contributed by atoms with E-state index >= 15 is 0 Å². The second kappa shape index (κ2) is 8.22. The van der Waals surface area contributed by atoms with Gasteiger partial charge in [-0.2, -0.15) is 0 Å². The molecule has 3 heterocycles. The highest BCUT2D eigenvalue weighted by atomic mass is 16.6. The molecule has 3 rings (SSSR count). The van der Waals surface area contributed by atoms with Gasteiger partial charge in [0, 0.05) is 6.54 Å². The van der Waals surface area contributed by atoms with Crippen LogP contribution in [0, 0.1) is 11.8 Å². The summed E-state index contributed by atoms with van der Waals surface area (Å²) < 4.78 is 11.7. The van der Waals surface area contributed by atoms with Crippen LogP contribution in [0.15, 0.2) is 0 Å². The number of hydrogen-bond acceptors (Lipinski definition) is 6. The molecule has 0 aromatic carbocycles. The summed E-state index contributed by atoms with van der Waals surface area (Å²) in [6, 6.07) is -1.35. The van der Waals surface area contributed by atoms with Gasteiger partial charge in [-0.1, -0.05) is 20.3 Å². The first kappa shape index (κ1) is 22.0. The average Bonchev–Trinajstić information content (AvgIpc) is 3.25. The number of unbranched alkanes of at least 4 members (excludes halogenated alkanes) is 1. The Balaban J connectivity index is 2.02. The van der Waals surface area contributed by atoms with Crippen molar-refractivity contribution in [2.45, 2.75) is 83.1 Å². The van der Waals surface area contributed by atoms with Gasteiger partial charge in [0.2, 0.25) is 11.8 Å². The lowest BCUT2D eigenvalue weighted by atomic mass is 9.66. The zero-order valence-electron chi connectivity index (χ0n) is 17.9. The minimum atomic E-state index is -1.05. The zero-order chi connectivity index (χ0) is 21.4. The summed E-state index contributed by atoms with van der Waals surface area (Å²) in [6.07, 6.45) is 3.40. The van der Waals surface area contributed by atoms with Crippen molar-refractivity contribution < 1.29 is 29.0 Å². The summed E-state index contributed by atoms with van der Waals surface area (Å²) in [5.74, 6) is -2.50. The van der Waals surface area contributed by atoms with Crippen LogP contribution in [0.3, 0.4) is 0 Å². The maximum absolute atomic E-state index is 13.6. The van der Waals surface area contributed by atoms with E-state index in [0.717, 1.165) is 12.8 Å². The molecule has 3 aliphatic rings. The van der Waals surface area contributed by atoms with Crippen LogP contribution in [-0.2, 0) is 23.9 Å². The van der Waals surface area contributed by atoms with Crippen molar-refractivity contribution in [3.8, 4) is 0 Å². The van der Waals surface area contributed by atoms with Crippen molar-refractivity contribution >= 4 is 17.8 Å². The Kier molecular flexibility index (Phi) is 6.24. The smallest absolute Gasteiger partial charge is 0.312 e. The second-order valence-electron chi connectivity index (χ2n) is 8.61. The van der Waals surface area contributed by atoms with Gasteiger partial charge in [0.05, 0.1) is 30.8 Å². The van der Waals surface area contributed by atoms with Gasteiger partial charge >= 0.3 is 5.97 Å². The van der Waals surface area contributed by atoms with Gasteiger partial charge in [0.25, 0.3) is 0 Å². The molecule has 0 aliphatic carbocycles. The molecule has 8 heteroatoms. The first-order chi connectivity index (χ1) is 13.8. The fourth-order valence-electron chi connectivity index (χ4n) is 5.55. The minimum absolute atomic E-state index is 0.220. The van der Waals surface area contributed by atoms with Crippen molar-refractivity contribution in [2.75, 3.05) is 19.8 Å². The number of fused-ring (bicyclic) bond motifs is 1. The summed E-state index contributed by atoms with van der Waals surface area (Å²) in [4.78, 5) is 41.1. The number of nitrogens with one attached hydrogen (secondary N) is 1. The van der Waals surface area contributed by atoms with Crippen LogP contribution in [0.5, 0.6) is 0 Å².